The van der Waals surface area contributed by atoms with Crippen LogP contribution in [0, 0.1) is 5.41 Å². The minimum atomic E-state index is -0.295. The molecule has 1 saturated heterocycles. The number of methoxy groups -OCH3 is 1. The van der Waals surface area contributed by atoms with E-state index in [4.69, 9.17) is 4.74 Å². The highest BCUT2D eigenvalue weighted by Crippen LogP contribution is 2.40. The van der Waals surface area contributed by atoms with E-state index in [0.717, 1.165) is 55.5 Å². The van der Waals surface area contributed by atoms with Crippen LogP contribution >= 0.6 is 0 Å². The van der Waals surface area contributed by atoms with Gasteiger partial charge in [-0.05, 0) is 69.3 Å². The molecule has 2 aromatic carbocycles. The van der Waals surface area contributed by atoms with Crippen LogP contribution in [-0.4, -0.2) is 43.6 Å². The third kappa shape index (κ3) is 5.35. The number of para-hydroxylation sites is 1. The van der Waals surface area contributed by atoms with E-state index in [0.29, 0.717) is 0 Å². The summed E-state index contributed by atoms with van der Waals surface area (Å²) >= 11 is 0. The van der Waals surface area contributed by atoms with Crippen LogP contribution in [0.15, 0.2) is 48.5 Å². The Morgan fingerprint density at radius 3 is 2.53 bits per heavy atom. The minimum absolute atomic E-state index is 0.194. The Labute approximate surface area is 193 Å². The Hall–Kier alpha value is -2.33. The topological polar surface area (TPSA) is 41.6 Å². The molecule has 4 heteroatoms. The number of amides is 1. The molecule has 2 fully saturated rings. The summed E-state index contributed by atoms with van der Waals surface area (Å²) < 4.78 is 5.58. The fourth-order valence-electron chi connectivity index (χ4n) is 5.61. The van der Waals surface area contributed by atoms with Crippen LogP contribution in [-0.2, 0) is 11.2 Å². The van der Waals surface area contributed by atoms with Gasteiger partial charge in [0.05, 0.1) is 12.5 Å². The molecule has 0 bridgehead atoms. The minimum Gasteiger partial charge on any atom is -0.496 e. The van der Waals surface area contributed by atoms with Crippen molar-refractivity contribution in [3.63, 3.8) is 0 Å². The highest BCUT2D eigenvalue weighted by atomic mass is 16.5. The molecule has 0 radical (unpaired) electrons. The van der Waals surface area contributed by atoms with Crippen molar-refractivity contribution in [1.29, 1.82) is 0 Å². The zero-order valence-electron chi connectivity index (χ0n) is 19.7. The molecule has 1 aliphatic carbocycles. The fourth-order valence-corrected chi connectivity index (χ4v) is 5.61. The maximum Gasteiger partial charge on any atom is 0.226 e. The number of benzene rings is 2. The molecule has 0 aromatic heterocycles. The Morgan fingerprint density at radius 1 is 1.03 bits per heavy atom. The molecule has 2 aromatic rings. The lowest BCUT2D eigenvalue weighted by molar-refractivity contribution is -0.133. The second-order valence-corrected chi connectivity index (χ2v) is 9.80. The number of nitrogens with zero attached hydrogens (tertiary/aromatic N) is 1. The van der Waals surface area contributed by atoms with Gasteiger partial charge in [-0.2, -0.15) is 0 Å². The van der Waals surface area contributed by atoms with Gasteiger partial charge in [0.25, 0.3) is 0 Å². The lowest BCUT2D eigenvalue weighted by Gasteiger charge is -2.37. The van der Waals surface area contributed by atoms with Crippen molar-refractivity contribution in [2.75, 3.05) is 26.7 Å². The summed E-state index contributed by atoms with van der Waals surface area (Å²) in [5.41, 5.74) is 3.18. The molecule has 1 atom stereocenters. The van der Waals surface area contributed by atoms with Crippen molar-refractivity contribution in [3.8, 4) is 16.9 Å². The lowest BCUT2D eigenvalue weighted by atomic mass is 9.69. The first-order valence-electron chi connectivity index (χ1n) is 12.4. The fraction of sp³-hybridized carbons (Fsp3) is 0.536. The number of hydrogen-bond donors (Lipinski definition) is 1. The van der Waals surface area contributed by atoms with Crippen molar-refractivity contribution >= 4 is 5.91 Å². The molecule has 4 nitrogen and oxygen atoms in total. The van der Waals surface area contributed by atoms with Gasteiger partial charge >= 0.3 is 0 Å². The first-order valence-corrected chi connectivity index (χ1v) is 12.4. The normalized spacial score (nSPS) is 19.4. The number of carbonyl (C=O) groups excluding carboxylic acids is 1. The van der Waals surface area contributed by atoms with Crippen molar-refractivity contribution < 1.29 is 9.53 Å². The van der Waals surface area contributed by atoms with Gasteiger partial charge in [0.2, 0.25) is 5.91 Å². The van der Waals surface area contributed by atoms with Gasteiger partial charge in [0, 0.05) is 18.2 Å². The van der Waals surface area contributed by atoms with Gasteiger partial charge in [-0.1, -0.05) is 61.7 Å². The summed E-state index contributed by atoms with van der Waals surface area (Å²) in [7, 11) is 1.72. The predicted octanol–water partition coefficient (Wildman–Crippen LogP) is 5.46. The largest absolute Gasteiger partial charge is 0.496 e. The van der Waals surface area contributed by atoms with Crippen LogP contribution in [0.3, 0.4) is 0 Å². The third-order valence-corrected chi connectivity index (χ3v) is 7.29. The van der Waals surface area contributed by atoms with Crippen LogP contribution in [0.5, 0.6) is 5.75 Å². The number of likely N-dealkylation sites (tertiary alicyclic amines) is 1. The SMILES string of the molecule is COc1ccccc1-c1cccc(CC2(C(=O)N[C@@H](C)CN3CCCC3)CCCCC2)c1. The Bertz CT molecular complexity index is 898. The quantitative estimate of drug-likeness (QED) is 0.600. The molecule has 4 rings (SSSR count). The monoisotopic (exact) mass is 434 g/mol. The first kappa shape index (κ1) is 22.8. The number of rotatable bonds is 8. The summed E-state index contributed by atoms with van der Waals surface area (Å²) in [5, 5.41) is 3.40. The molecular weight excluding hydrogens is 396 g/mol. The predicted molar refractivity (Wildman–Crippen MR) is 131 cm³/mol. The lowest BCUT2D eigenvalue weighted by Crippen LogP contribution is -2.49. The van der Waals surface area contributed by atoms with E-state index in [-0.39, 0.29) is 17.4 Å². The molecule has 0 unspecified atom stereocenters. The summed E-state index contributed by atoms with van der Waals surface area (Å²) in [5.74, 6) is 1.14. The van der Waals surface area contributed by atoms with Crippen LogP contribution in [0.4, 0.5) is 0 Å². The highest BCUT2D eigenvalue weighted by molar-refractivity contribution is 5.83. The maximum absolute atomic E-state index is 13.6. The Kier molecular flexibility index (Phi) is 7.51. The van der Waals surface area contributed by atoms with Crippen LogP contribution in [0.25, 0.3) is 11.1 Å². The van der Waals surface area contributed by atoms with Crippen molar-refractivity contribution in [2.24, 2.45) is 5.41 Å². The molecule has 1 aliphatic heterocycles. The number of ether oxygens (including phenoxy) is 1. The second kappa shape index (κ2) is 10.5. The van der Waals surface area contributed by atoms with Crippen LogP contribution in [0.2, 0.25) is 0 Å². The van der Waals surface area contributed by atoms with Crippen molar-refractivity contribution in [2.45, 2.75) is 64.3 Å². The summed E-state index contributed by atoms with van der Waals surface area (Å²) in [6, 6.07) is 17.0. The summed E-state index contributed by atoms with van der Waals surface area (Å²) in [6.07, 6.45) is 8.85. The highest BCUT2D eigenvalue weighted by Gasteiger charge is 2.40. The third-order valence-electron chi connectivity index (χ3n) is 7.29. The van der Waals surface area contributed by atoms with Gasteiger partial charge in [-0.3, -0.25) is 4.79 Å². The second-order valence-electron chi connectivity index (χ2n) is 9.80. The standard InChI is InChI=1S/C28H38N2O2/c1-22(21-30-17-8-9-18-30)29-27(31)28(15-6-3-7-16-28)20-23-11-10-12-24(19-23)25-13-4-5-14-26(25)32-2/h4-5,10-14,19,22H,3,6-9,15-18,20-21H2,1-2H3,(H,29,31)/t22-/m0/s1. The van der Waals surface area contributed by atoms with E-state index in [2.05, 4.69) is 47.5 Å². The summed E-state index contributed by atoms with van der Waals surface area (Å²) in [6.45, 7) is 5.46. The zero-order valence-corrected chi connectivity index (χ0v) is 19.7. The summed E-state index contributed by atoms with van der Waals surface area (Å²) in [4.78, 5) is 16.1. The number of hydrogen-bond acceptors (Lipinski definition) is 3. The van der Waals surface area contributed by atoms with Gasteiger partial charge in [-0.15, -0.1) is 0 Å². The molecule has 172 valence electrons. The molecule has 0 spiro atoms. The van der Waals surface area contributed by atoms with Crippen LogP contribution < -0.4 is 10.1 Å². The van der Waals surface area contributed by atoms with Gasteiger partial charge < -0.3 is 15.0 Å². The molecule has 1 saturated carbocycles. The molecule has 2 aliphatic rings. The molecule has 1 amide bonds. The van der Waals surface area contributed by atoms with E-state index in [1.54, 1.807) is 7.11 Å². The van der Waals surface area contributed by atoms with Gasteiger partial charge in [0.15, 0.2) is 0 Å². The number of nitrogens with one attached hydrogen (secondary N) is 1. The van der Waals surface area contributed by atoms with Gasteiger partial charge in [0.1, 0.15) is 5.75 Å². The average Bonchev–Trinajstić information content (AvgIpc) is 3.32. The molecule has 32 heavy (non-hydrogen) atoms. The zero-order chi connectivity index (χ0) is 22.4. The van der Waals surface area contributed by atoms with E-state index in [1.165, 1.54) is 37.9 Å². The Balaban J connectivity index is 1.51. The van der Waals surface area contributed by atoms with E-state index < -0.39 is 0 Å². The smallest absolute Gasteiger partial charge is 0.226 e. The first-order chi connectivity index (χ1) is 15.6. The van der Waals surface area contributed by atoms with Crippen molar-refractivity contribution in [1.82, 2.24) is 10.2 Å². The van der Waals surface area contributed by atoms with E-state index in [9.17, 15) is 4.79 Å². The molecular formula is C28H38N2O2. The van der Waals surface area contributed by atoms with Gasteiger partial charge in [-0.25, -0.2) is 0 Å². The van der Waals surface area contributed by atoms with Crippen LogP contribution in [0.1, 0.15) is 57.4 Å². The van der Waals surface area contributed by atoms with E-state index in [1.807, 2.05) is 18.2 Å². The maximum atomic E-state index is 13.6. The van der Waals surface area contributed by atoms with E-state index >= 15 is 0 Å². The molecule has 1 heterocycles. The number of carbonyl (C=O) groups is 1. The average molecular weight is 435 g/mol. The Morgan fingerprint density at radius 2 is 1.78 bits per heavy atom. The van der Waals surface area contributed by atoms with Crippen molar-refractivity contribution in [3.05, 3.63) is 54.1 Å². The molecule has 1 N–H and O–H groups in total.